The van der Waals surface area contributed by atoms with Crippen LogP contribution in [-0.2, 0) is 16.1 Å². The third-order valence-electron chi connectivity index (χ3n) is 5.64. The molecular formula is C24H27N5O3S. The Balaban J connectivity index is 1.26. The van der Waals surface area contributed by atoms with Gasteiger partial charge in [-0.05, 0) is 43.0 Å². The van der Waals surface area contributed by atoms with E-state index in [2.05, 4.69) is 27.2 Å². The van der Waals surface area contributed by atoms with Crippen LogP contribution in [0, 0.1) is 6.92 Å². The van der Waals surface area contributed by atoms with Crippen LogP contribution in [0.4, 0.5) is 0 Å². The highest BCUT2D eigenvalue weighted by molar-refractivity contribution is 7.98. The lowest BCUT2D eigenvalue weighted by atomic mass is 10.2. The lowest BCUT2D eigenvalue weighted by molar-refractivity contribution is -0.136. The van der Waals surface area contributed by atoms with Crippen LogP contribution < -0.4 is 0 Å². The van der Waals surface area contributed by atoms with Crippen LogP contribution in [0.2, 0.25) is 0 Å². The highest BCUT2D eigenvalue weighted by atomic mass is 32.2. The van der Waals surface area contributed by atoms with Gasteiger partial charge >= 0.3 is 5.97 Å². The molecule has 0 unspecified atom stereocenters. The van der Waals surface area contributed by atoms with Crippen molar-refractivity contribution in [1.29, 1.82) is 0 Å². The van der Waals surface area contributed by atoms with Crippen LogP contribution in [0.15, 0.2) is 59.8 Å². The fourth-order valence-corrected chi connectivity index (χ4v) is 4.36. The zero-order valence-corrected chi connectivity index (χ0v) is 19.6. The van der Waals surface area contributed by atoms with E-state index in [9.17, 15) is 9.59 Å². The number of carbonyl (C=O) groups excluding carboxylic acids is 2. The Hall–Kier alpha value is -3.17. The molecule has 0 spiro atoms. The number of esters is 1. The second-order valence-corrected chi connectivity index (χ2v) is 8.61. The van der Waals surface area contributed by atoms with Crippen molar-refractivity contribution in [3.05, 3.63) is 71.5 Å². The van der Waals surface area contributed by atoms with Gasteiger partial charge in [-0.15, -0.1) is 10.2 Å². The monoisotopic (exact) mass is 465 g/mol. The van der Waals surface area contributed by atoms with Crippen LogP contribution in [-0.4, -0.2) is 75.5 Å². The van der Waals surface area contributed by atoms with E-state index in [1.807, 2.05) is 48.1 Å². The predicted molar refractivity (Wildman–Crippen MR) is 126 cm³/mol. The molecule has 0 aliphatic carbocycles. The van der Waals surface area contributed by atoms with E-state index in [4.69, 9.17) is 4.74 Å². The summed E-state index contributed by atoms with van der Waals surface area (Å²) in [6.07, 6.45) is 1.94. The molecule has 1 fully saturated rings. The van der Waals surface area contributed by atoms with Crippen molar-refractivity contribution >= 4 is 23.6 Å². The highest BCUT2D eigenvalue weighted by Gasteiger charge is 2.22. The van der Waals surface area contributed by atoms with Gasteiger partial charge in [0.05, 0.1) is 5.56 Å². The fourth-order valence-electron chi connectivity index (χ4n) is 3.82. The van der Waals surface area contributed by atoms with Gasteiger partial charge in [0.1, 0.15) is 5.82 Å². The molecule has 1 amide bonds. The number of benzene rings is 2. The van der Waals surface area contributed by atoms with Crippen LogP contribution in [0.3, 0.4) is 0 Å². The normalized spacial score (nSPS) is 14.3. The second-order valence-electron chi connectivity index (χ2n) is 7.83. The van der Waals surface area contributed by atoms with E-state index in [1.54, 1.807) is 17.0 Å². The smallest absolute Gasteiger partial charge is 0.338 e. The number of thioether (sulfide) groups is 1. The summed E-state index contributed by atoms with van der Waals surface area (Å²) < 4.78 is 7.20. The lowest BCUT2D eigenvalue weighted by Gasteiger charge is -2.34. The van der Waals surface area contributed by atoms with Gasteiger partial charge in [0, 0.05) is 38.4 Å². The maximum absolute atomic E-state index is 12.5. The average molecular weight is 466 g/mol. The topological polar surface area (TPSA) is 80.6 Å². The van der Waals surface area contributed by atoms with E-state index in [0.717, 1.165) is 36.3 Å². The van der Waals surface area contributed by atoms with Crippen LogP contribution in [0.5, 0.6) is 0 Å². The number of rotatable bonds is 7. The highest BCUT2D eigenvalue weighted by Crippen LogP contribution is 2.20. The predicted octanol–water partition coefficient (Wildman–Crippen LogP) is 2.80. The SMILES string of the molecule is CSc1nnc(C)n1-c1ccc(C(=O)OCC(=O)N2CCN(Cc3ccccc3)CC2)cc1. The summed E-state index contributed by atoms with van der Waals surface area (Å²) in [4.78, 5) is 29.1. The summed E-state index contributed by atoms with van der Waals surface area (Å²) in [5.41, 5.74) is 2.53. The minimum atomic E-state index is -0.511. The Morgan fingerprint density at radius 3 is 2.33 bits per heavy atom. The molecule has 33 heavy (non-hydrogen) atoms. The summed E-state index contributed by atoms with van der Waals surface area (Å²) in [7, 11) is 0. The average Bonchev–Trinajstić information content (AvgIpc) is 3.24. The molecule has 0 N–H and O–H groups in total. The molecule has 0 atom stereocenters. The molecule has 3 aromatic rings. The van der Waals surface area contributed by atoms with Gasteiger partial charge in [0.25, 0.3) is 5.91 Å². The van der Waals surface area contributed by atoms with E-state index in [0.29, 0.717) is 18.7 Å². The number of carbonyl (C=O) groups is 2. The molecule has 2 aromatic carbocycles. The minimum Gasteiger partial charge on any atom is -0.452 e. The van der Waals surface area contributed by atoms with Gasteiger partial charge < -0.3 is 9.64 Å². The van der Waals surface area contributed by atoms with Crippen LogP contribution >= 0.6 is 11.8 Å². The van der Waals surface area contributed by atoms with Crippen molar-refractivity contribution in [3.63, 3.8) is 0 Å². The molecule has 1 aliphatic rings. The number of aryl methyl sites for hydroxylation is 1. The Morgan fingerprint density at radius 2 is 1.67 bits per heavy atom. The first-order valence-electron chi connectivity index (χ1n) is 10.8. The van der Waals surface area contributed by atoms with E-state index < -0.39 is 5.97 Å². The number of nitrogens with zero attached hydrogens (tertiary/aromatic N) is 5. The zero-order chi connectivity index (χ0) is 23.2. The quantitative estimate of drug-likeness (QED) is 0.392. The number of hydrogen-bond acceptors (Lipinski definition) is 7. The third-order valence-corrected chi connectivity index (χ3v) is 6.27. The van der Waals surface area contributed by atoms with Crippen molar-refractivity contribution in [2.75, 3.05) is 39.0 Å². The van der Waals surface area contributed by atoms with Gasteiger partial charge in [-0.2, -0.15) is 0 Å². The first kappa shape index (κ1) is 23.0. The van der Waals surface area contributed by atoms with Crippen molar-refractivity contribution < 1.29 is 14.3 Å². The molecule has 0 bridgehead atoms. The third kappa shape index (κ3) is 5.61. The van der Waals surface area contributed by atoms with E-state index in [-0.39, 0.29) is 12.5 Å². The van der Waals surface area contributed by atoms with Gasteiger partial charge in [0.15, 0.2) is 11.8 Å². The van der Waals surface area contributed by atoms with Gasteiger partial charge in [-0.1, -0.05) is 42.1 Å². The Bertz CT molecular complexity index is 1090. The van der Waals surface area contributed by atoms with E-state index in [1.165, 1.54) is 17.3 Å². The largest absolute Gasteiger partial charge is 0.452 e. The number of ether oxygens (including phenoxy) is 1. The summed E-state index contributed by atoms with van der Waals surface area (Å²) >= 11 is 1.50. The summed E-state index contributed by atoms with van der Waals surface area (Å²) in [6, 6.07) is 17.3. The van der Waals surface area contributed by atoms with Crippen molar-refractivity contribution in [1.82, 2.24) is 24.6 Å². The van der Waals surface area contributed by atoms with Crippen LogP contribution in [0.25, 0.3) is 5.69 Å². The Morgan fingerprint density at radius 1 is 0.970 bits per heavy atom. The first-order chi connectivity index (χ1) is 16.0. The number of aromatic nitrogens is 3. The molecule has 2 heterocycles. The van der Waals surface area contributed by atoms with Crippen molar-refractivity contribution in [2.24, 2.45) is 0 Å². The number of piperazine rings is 1. The maximum Gasteiger partial charge on any atom is 0.338 e. The fraction of sp³-hybridized carbons (Fsp3) is 0.333. The standard InChI is InChI=1S/C24H27N5O3S/c1-18-25-26-24(33-2)29(18)21-10-8-20(9-11-21)23(31)32-17-22(30)28-14-12-27(13-15-28)16-19-6-4-3-5-7-19/h3-11H,12-17H2,1-2H3. The Kier molecular flexibility index (Phi) is 7.41. The molecule has 1 aliphatic heterocycles. The summed E-state index contributed by atoms with van der Waals surface area (Å²) in [5, 5.41) is 9.00. The lowest BCUT2D eigenvalue weighted by Crippen LogP contribution is -2.49. The maximum atomic E-state index is 12.5. The van der Waals surface area contributed by atoms with Gasteiger partial charge in [-0.25, -0.2) is 4.79 Å². The molecule has 0 radical (unpaired) electrons. The number of hydrogen-bond donors (Lipinski definition) is 0. The van der Waals surface area contributed by atoms with Gasteiger partial charge in [-0.3, -0.25) is 14.3 Å². The molecule has 4 rings (SSSR count). The minimum absolute atomic E-state index is 0.163. The molecule has 0 saturated carbocycles. The van der Waals surface area contributed by atoms with E-state index >= 15 is 0 Å². The molecule has 1 aromatic heterocycles. The van der Waals surface area contributed by atoms with Crippen molar-refractivity contribution in [3.8, 4) is 5.69 Å². The van der Waals surface area contributed by atoms with Crippen LogP contribution in [0.1, 0.15) is 21.7 Å². The Labute approximate surface area is 197 Å². The summed E-state index contributed by atoms with van der Waals surface area (Å²) in [6.45, 7) is 5.37. The zero-order valence-electron chi connectivity index (χ0n) is 18.8. The van der Waals surface area contributed by atoms with Crippen molar-refractivity contribution in [2.45, 2.75) is 18.6 Å². The second kappa shape index (κ2) is 10.6. The molecule has 172 valence electrons. The summed E-state index contributed by atoms with van der Waals surface area (Å²) in [5.74, 6) is 0.0939. The van der Waals surface area contributed by atoms with Gasteiger partial charge in [0.2, 0.25) is 0 Å². The molecule has 8 nitrogen and oxygen atoms in total. The molecular weight excluding hydrogens is 438 g/mol. The molecule has 1 saturated heterocycles. The number of amides is 1. The first-order valence-corrected chi connectivity index (χ1v) is 12.1. The molecule has 9 heteroatoms.